The van der Waals surface area contributed by atoms with E-state index >= 15 is 0 Å². The van der Waals surface area contributed by atoms with Gasteiger partial charge in [-0.25, -0.2) is 4.98 Å². The van der Waals surface area contributed by atoms with Crippen molar-refractivity contribution >= 4 is 45.5 Å². The number of methoxy groups -OCH3 is 1. The van der Waals surface area contributed by atoms with E-state index in [1.807, 2.05) is 22.8 Å². The molecule has 0 unspecified atom stereocenters. The zero-order valence-electron chi connectivity index (χ0n) is 9.31. The van der Waals surface area contributed by atoms with E-state index in [0.717, 1.165) is 14.6 Å². The topological polar surface area (TPSA) is 70.1 Å². The molecule has 0 saturated heterocycles. The minimum absolute atomic E-state index is 0.253. The average molecular weight is 345 g/mol. The third-order valence-corrected chi connectivity index (χ3v) is 3.18. The maximum atomic E-state index is 11.1. The van der Waals surface area contributed by atoms with Gasteiger partial charge in [0.15, 0.2) is 0 Å². The summed E-state index contributed by atoms with van der Waals surface area (Å²) in [5.41, 5.74) is 7.61. The fourth-order valence-corrected chi connectivity index (χ4v) is 2.14. The summed E-state index contributed by atoms with van der Waals surface area (Å²) in [5, 5.41) is 0. The molecule has 5 nitrogen and oxygen atoms in total. The lowest BCUT2D eigenvalue weighted by molar-refractivity contribution is -0.140. The van der Waals surface area contributed by atoms with E-state index in [1.165, 1.54) is 7.11 Å². The quantitative estimate of drug-likeness (QED) is 0.680. The van der Waals surface area contributed by atoms with Crippen LogP contribution in [0.4, 0.5) is 5.95 Å². The Balaban J connectivity index is 2.33. The van der Waals surface area contributed by atoms with Crippen LogP contribution in [0.1, 0.15) is 6.42 Å². The van der Waals surface area contributed by atoms with Crippen LogP contribution in [0.25, 0.3) is 11.0 Å². The molecule has 2 aromatic rings. The van der Waals surface area contributed by atoms with Gasteiger partial charge in [-0.15, -0.1) is 0 Å². The van der Waals surface area contributed by atoms with Crippen molar-refractivity contribution in [2.45, 2.75) is 13.0 Å². The normalized spacial score (nSPS) is 10.7. The number of rotatable bonds is 3. The van der Waals surface area contributed by atoms with Crippen molar-refractivity contribution in [2.75, 3.05) is 12.8 Å². The Morgan fingerprint density at radius 2 is 2.35 bits per heavy atom. The highest BCUT2D eigenvalue weighted by Gasteiger charge is 2.10. The molecular formula is C11H12IN3O2. The SMILES string of the molecule is COC(=O)CCn1c(N)nc2cc(I)ccc21. The van der Waals surface area contributed by atoms with Crippen LogP contribution in [0.15, 0.2) is 18.2 Å². The predicted molar refractivity (Wildman–Crippen MR) is 73.5 cm³/mol. The van der Waals surface area contributed by atoms with Gasteiger partial charge in [0.1, 0.15) is 0 Å². The van der Waals surface area contributed by atoms with Gasteiger partial charge in [-0.05, 0) is 40.8 Å². The highest BCUT2D eigenvalue weighted by molar-refractivity contribution is 14.1. The molecule has 0 radical (unpaired) electrons. The smallest absolute Gasteiger partial charge is 0.307 e. The number of aryl methyl sites for hydroxylation is 1. The number of carbonyl (C=O) groups is 1. The van der Waals surface area contributed by atoms with Crippen molar-refractivity contribution in [3.8, 4) is 0 Å². The van der Waals surface area contributed by atoms with Crippen LogP contribution >= 0.6 is 22.6 Å². The van der Waals surface area contributed by atoms with Gasteiger partial charge in [-0.2, -0.15) is 0 Å². The molecule has 0 spiro atoms. The fourth-order valence-electron chi connectivity index (χ4n) is 1.66. The predicted octanol–water partition coefficient (Wildman–Crippen LogP) is 1.79. The molecule has 1 heterocycles. The summed E-state index contributed by atoms with van der Waals surface area (Å²) in [6, 6.07) is 5.90. The number of ether oxygens (including phenoxy) is 1. The molecule has 6 heteroatoms. The van der Waals surface area contributed by atoms with E-state index in [2.05, 4.69) is 32.3 Å². The number of carbonyl (C=O) groups excluding carboxylic acids is 1. The van der Waals surface area contributed by atoms with Gasteiger partial charge in [0.25, 0.3) is 0 Å². The summed E-state index contributed by atoms with van der Waals surface area (Å²) in [7, 11) is 1.38. The Bertz CT molecular complexity index is 565. The maximum Gasteiger partial charge on any atom is 0.307 e. The second-order valence-electron chi connectivity index (χ2n) is 3.58. The van der Waals surface area contributed by atoms with Crippen LogP contribution in [0.3, 0.4) is 0 Å². The molecule has 0 aliphatic heterocycles. The van der Waals surface area contributed by atoms with Gasteiger partial charge in [0.05, 0.1) is 24.6 Å². The van der Waals surface area contributed by atoms with Crippen molar-refractivity contribution in [3.05, 3.63) is 21.8 Å². The lowest BCUT2D eigenvalue weighted by atomic mass is 10.3. The highest BCUT2D eigenvalue weighted by atomic mass is 127. The molecule has 0 amide bonds. The van der Waals surface area contributed by atoms with Crippen LogP contribution in [-0.4, -0.2) is 22.6 Å². The Hall–Kier alpha value is -1.31. The lowest BCUT2D eigenvalue weighted by Crippen LogP contribution is -2.09. The number of anilines is 1. The molecule has 0 fully saturated rings. The van der Waals surface area contributed by atoms with E-state index in [4.69, 9.17) is 5.73 Å². The molecule has 17 heavy (non-hydrogen) atoms. The third-order valence-electron chi connectivity index (χ3n) is 2.51. The summed E-state index contributed by atoms with van der Waals surface area (Å²) >= 11 is 2.22. The molecule has 1 aromatic carbocycles. The van der Waals surface area contributed by atoms with Crippen LogP contribution in [0.5, 0.6) is 0 Å². The van der Waals surface area contributed by atoms with E-state index in [0.29, 0.717) is 12.5 Å². The summed E-state index contributed by atoms with van der Waals surface area (Å²) in [6.45, 7) is 0.482. The maximum absolute atomic E-state index is 11.1. The molecule has 2 N–H and O–H groups in total. The Kier molecular flexibility index (Phi) is 3.51. The Morgan fingerprint density at radius 3 is 3.06 bits per heavy atom. The molecule has 2 rings (SSSR count). The largest absolute Gasteiger partial charge is 0.469 e. The minimum Gasteiger partial charge on any atom is -0.469 e. The number of benzene rings is 1. The van der Waals surface area contributed by atoms with E-state index in [9.17, 15) is 4.79 Å². The molecule has 0 saturated carbocycles. The summed E-state index contributed by atoms with van der Waals surface area (Å²) < 4.78 is 7.53. The van der Waals surface area contributed by atoms with Gasteiger partial charge in [0, 0.05) is 10.1 Å². The number of esters is 1. The van der Waals surface area contributed by atoms with Crippen molar-refractivity contribution < 1.29 is 9.53 Å². The van der Waals surface area contributed by atoms with Crippen LogP contribution in [0, 0.1) is 3.57 Å². The second-order valence-corrected chi connectivity index (χ2v) is 4.83. The summed E-state index contributed by atoms with van der Waals surface area (Å²) in [4.78, 5) is 15.4. The lowest BCUT2D eigenvalue weighted by Gasteiger charge is -2.05. The monoisotopic (exact) mass is 345 g/mol. The van der Waals surface area contributed by atoms with Crippen LogP contribution in [-0.2, 0) is 16.1 Å². The molecule has 90 valence electrons. The number of nitrogen functional groups attached to an aromatic ring is 1. The number of nitrogens with zero attached hydrogens (tertiary/aromatic N) is 2. The molecule has 0 bridgehead atoms. The fraction of sp³-hybridized carbons (Fsp3) is 0.273. The average Bonchev–Trinajstić information content (AvgIpc) is 2.61. The van der Waals surface area contributed by atoms with E-state index < -0.39 is 0 Å². The van der Waals surface area contributed by atoms with Gasteiger partial charge in [0.2, 0.25) is 5.95 Å². The number of nitrogens with two attached hydrogens (primary N) is 1. The van der Waals surface area contributed by atoms with Gasteiger partial charge < -0.3 is 15.0 Å². The molecule has 0 aliphatic carbocycles. The molecule has 0 aliphatic rings. The van der Waals surface area contributed by atoms with Crippen molar-refractivity contribution in [1.82, 2.24) is 9.55 Å². The third kappa shape index (κ3) is 2.51. The molecule has 1 aromatic heterocycles. The number of hydrogen-bond acceptors (Lipinski definition) is 4. The first kappa shape index (κ1) is 12.2. The van der Waals surface area contributed by atoms with Gasteiger partial charge in [-0.1, -0.05) is 0 Å². The van der Waals surface area contributed by atoms with Gasteiger partial charge >= 0.3 is 5.97 Å². The summed E-state index contributed by atoms with van der Waals surface area (Å²) in [6.07, 6.45) is 0.290. The number of halogens is 1. The number of aromatic nitrogens is 2. The highest BCUT2D eigenvalue weighted by Crippen LogP contribution is 2.20. The zero-order chi connectivity index (χ0) is 12.4. The van der Waals surface area contributed by atoms with Crippen LogP contribution in [0.2, 0.25) is 0 Å². The Morgan fingerprint density at radius 1 is 1.59 bits per heavy atom. The minimum atomic E-state index is -0.253. The Labute approximate surface area is 112 Å². The van der Waals surface area contributed by atoms with Gasteiger partial charge in [-0.3, -0.25) is 4.79 Å². The first-order valence-electron chi connectivity index (χ1n) is 5.10. The van der Waals surface area contributed by atoms with E-state index in [-0.39, 0.29) is 12.4 Å². The van der Waals surface area contributed by atoms with E-state index in [1.54, 1.807) is 0 Å². The standard InChI is InChI=1S/C11H12IN3O2/c1-17-10(16)4-5-15-9-3-2-7(12)6-8(9)14-11(15)13/h2-3,6H,4-5H2,1H3,(H2,13,14). The zero-order valence-corrected chi connectivity index (χ0v) is 11.5. The van der Waals surface area contributed by atoms with Crippen molar-refractivity contribution in [2.24, 2.45) is 0 Å². The van der Waals surface area contributed by atoms with Crippen LogP contribution < -0.4 is 5.73 Å². The first-order chi connectivity index (χ1) is 8.11. The molecular weight excluding hydrogens is 333 g/mol. The molecule has 0 atom stereocenters. The van der Waals surface area contributed by atoms with Crippen molar-refractivity contribution in [3.63, 3.8) is 0 Å². The van der Waals surface area contributed by atoms with Crippen molar-refractivity contribution in [1.29, 1.82) is 0 Å². The second kappa shape index (κ2) is 4.91. The first-order valence-corrected chi connectivity index (χ1v) is 6.18. The number of hydrogen-bond donors (Lipinski definition) is 1. The summed E-state index contributed by atoms with van der Waals surface area (Å²) in [5.74, 6) is 0.169. The number of imidazole rings is 1. The number of fused-ring (bicyclic) bond motifs is 1.